The maximum Gasteiger partial charge on any atom is 0.272 e. The zero-order valence-corrected chi connectivity index (χ0v) is 15.4. The maximum atomic E-state index is 11.8. The Balaban J connectivity index is 4.91. The topological polar surface area (TPSA) is 47.6 Å². The first-order valence-corrected chi connectivity index (χ1v) is 7.88. The number of amides is 1. The second-order valence-electron chi connectivity index (χ2n) is 5.36. The SMILES string of the molecule is CC[C@](C)(/C=C/[C@@H](OCOC)C(C)C)NC(=O)C(Cl)(Cl)Cl. The first kappa shape index (κ1) is 21.0. The van der Waals surface area contributed by atoms with Gasteiger partial charge in [0.15, 0.2) is 0 Å². The van der Waals surface area contributed by atoms with Crippen molar-refractivity contribution >= 4 is 40.7 Å². The number of nitrogens with one attached hydrogen (secondary N) is 1. The highest BCUT2D eigenvalue weighted by Crippen LogP contribution is 2.27. The summed E-state index contributed by atoms with van der Waals surface area (Å²) in [7, 11) is 1.57. The second kappa shape index (κ2) is 9.21. The van der Waals surface area contributed by atoms with Crippen molar-refractivity contribution in [2.45, 2.75) is 49.6 Å². The molecule has 0 aliphatic rings. The van der Waals surface area contributed by atoms with E-state index in [1.54, 1.807) is 7.11 Å². The van der Waals surface area contributed by atoms with Crippen molar-refractivity contribution in [3.63, 3.8) is 0 Å². The van der Waals surface area contributed by atoms with Crippen molar-refractivity contribution in [2.24, 2.45) is 5.92 Å². The largest absolute Gasteiger partial charge is 0.359 e. The molecule has 0 aliphatic carbocycles. The van der Waals surface area contributed by atoms with Crippen LogP contribution in [0.1, 0.15) is 34.1 Å². The third-order valence-electron chi connectivity index (χ3n) is 3.08. The lowest BCUT2D eigenvalue weighted by molar-refractivity contribution is -0.121. The molecule has 7 heteroatoms. The molecule has 1 amide bonds. The number of hydrogen-bond acceptors (Lipinski definition) is 3. The summed E-state index contributed by atoms with van der Waals surface area (Å²) >= 11 is 16.7. The van der Waals surface area contributed by atoms with E-state index in [-0.39, 0.29) is 18.8 Å². The van der Waals surface area contributed by atoms with Crippen LogP contribution in [0.2, 0.25) is 0 Å². The molecular weight excluding hydrogens is 337 g/mol. The van der Waals surface area contributed by atoms with Crippen molar-refractivity contribution in [2.75, 3.05) is 13.9 Å². The van der Waals surface area contributed by atoms with E-state index in [1.807, 2.05) is 39.8 Å². The molecule has 0 heterocycles. The van der Waals surface area contributed by atoms with Crippen LogP contribution in [0.4, 0.5) is 0 Å². The van der Waals surface area contributed by atoms with Crippen molar-refractivity contribution in [1.82, 2.24) is 5.32 Å². The molecule has 0 aromatic rings. The van der Waals surface area contributed by atoms with Gasteiger partial charge in [0.1, 0.15) is 6.79 Å². The summed E-state index contributed by atoms with van der Waals surface area (Å²) in [6.07, 6.45) is 4.28. The lowest BCUT2D eigenvalue weighted by atomic mass is 9.95. The van der Waals surface area contributed by atoms with Crippen molar-refractivity contribution in [3.8, 4) is 0 Å². The Hall–Kier alpha value is -0.000000000000000111. The number of carbonyl (C=O) groups excluding carboxylic acids is 1. The fourth-order valence-electron chi connectivity index (χ4n) is 1.50. The van der Waals surface area contributed by atoms with Crippen LogP contribution in [-0.2, 0) is 14.3 Å². The predicted octanol–water partition coefficient (Wildman–Crippen LogP) is 3.84. The molecule has 0 fully saturated rings. The minimum absolute atomic E-state index is 0.125. The number of hydrogen-bond donors (Lipinski definition) is 1. The zero-order valence-electron chi connectivity index (χ0n) is 13.1. The average molecular weight is 361 g/mol. The smallest absolute Gasteiger partial charge is 0.272 e. The van der Waals surface area contributed by atoms with Crippen LogP contribution < -0.4 is 5.32 Å². The third kappa shape index (κ3) is 8.27. The van der Waals surface area contributed by atoms with Gasteiger partial charge in [-0.1, -0.05) is 67.7 Å². The lowest BCUT2D eigenvalue weighted by Crippen LogP contribution is -2.48. The number of alkyl halides is 3. The molecule has 0 radical (unpaired) electrons. The van der Waals surface area contributed by atoms with Gasteiger partial charge < -0.3 is 14.8 Å². The van der Waals surface area contributed by atoms with Gasteiger partial charge in [-0.05, 0) is 19.3 Å². The molecule has 0 aliphatic heterocycles. The molecule has 21 heavy (non-hydrogen) atoms. The molecule has 0 saturated carbocycles. The lowest BCUT2D eigenvalue weighted by Gasteiger charge is -2.29. The molecule has 124 valence electrons. The summed E-state index contributed by atoms with van der Waals surface area (Å²) in [5, 5.41) is 2.73. The van der Waals surface area contributed by atoms with Crippen LogP contribution in [0.25, 0.3) is 0 Å². The summed E-state index contributed by atoms with van der Waals surface area (Å²) in [6, 6.07) is 0. The Morgan fingerprint density at radius 1 is 1.33 bits per heavy atom. The number of rotatable bonds is 8. The van der Waals surface area contributed by atoms with E-state index in [0.29, 0.717) is 6.42 Å². The zero-order chi connectivity index (χ0) is 16.7. The van der Waals surface area contributed by atoms with Gasteiger partial charge in [0.05, 0.1) is 11.6 Å². The van der Waals surface area contributed by atoms with Gasteiger partial charge >= 0.3 is 0 Å². The van der Waals surface area contributed by atoms with Crippen LogP contribution in [-0.4, -0.2) is 35.2 Å². The Bertz CT molecular complexity index is 356. The summed E-state index contributed by atoms with van der Waals surface area (Å²) in [5.74, 6) is -0.387. The fourth-order valence-corrected chi connectivity index (χ4v) is 1.64. The standard InChI is InChI=1S/C14H24Cl3NO3/c1-6-13(4,18-12(19)14(15,16)17)8-7-11(10(2)3)21-9-20-5/h7-8,10-11H,6,9H2,1-5H3,(H,18,19)/b8-7+/t11-,13-/m1/s1. The number of methoxy groups -OCH3 is 1. The van der Waals surface area contributed by atoms with Gasteiger partial charge in [-0.2, -0.15) is 0 Å². The molecule has 0 aromatic carbocycles. The predicted molar refractivity (Wildman–Crippen MR) is 87.9 cm³/mol. The van der Waals surface area contributed by atoms with Crippen LogP contribution in [0.5, 0.6) is 0 Å². The average Bonchev–Trinajstić information content (AvgIpc) is 2.37. The van der Waals surface area contributed by atoms with E-state index < -0.39 is 15.2 Å². The first-order chi connectivity index (χ1) is 9.55. The van der Waals surface area contributed by atoms with Crippen molar-refractivity contribution in [3.05, 3.63) is 12.2 Å². The maximum absolute atomic E-state index is 11.8. The van der Waals surface area contributed by atoms with Gasteiger partial charge in [-0.3, -0.25) is 4.79 Å². The van der Waals surface area contributed by atoms with E-state index in [4.69, 9.17) is 44.3 Å². The Kier molecular flexibility index (Phi) is 9.21. The highest BCUT2D eigenvalue weighted by molar-refractivity contribution is 6.76. The van der Waals surface area contributed by atoms with Crippen LogP contribution in [0, 0.1) is 5.92 Å². The monoisotopic (exact) mass is 359 g/mol. The van der Waals surface area contributed by atoms with Crippen LogP contribution in [0.15, 0.2) is 12.2 Å². The molecule has 0 rings (SSSR count). The van der Waals surface area contributed by atoms with E-state index in [9.17, 15) is 4.79 Å². The molecule has 0 bridgehead atoms. The fraction of sp³-hybridized carbons (Fsp3) is 0.786. The third-order valence-corrected chi connectivity index (χ3v) is 3.60. The highest BCUT2D eigenvalue weighted by Gasteiger charge is 2.34. The van der Waals surface area contributed by atoms with Gasteiger partial charge in [0, 0.05) is 7.11 Å². The normalized spacial score (nSPS) is 17.0. The van der Waals surface area contributed by atoms with Crippen molar-refractivity contribution in [1.29, 1.82) is 0 Å². The van der Waals surface area contributed by atoms with E-state index >= 15 is 0 Å². The molecule has 0 saturated heterocycles. The first-order valence-electron chi connectivity index (χ1n) is 6.75. The summed E-state index contributed by atoms with van der Waals surface area (Å²) in [4.78, 5) is 11.8. The number of halogens is 3. The van der Waals surface area contributed by atoms with E-state index in [2.05, 4.69) is 5.32 Å². The van der Waals surface area contributed by atoms with Gasteiger partial charge in [0.25, 0.3) is 9.70 Å². The molecule has 0 spiro atoms. The van der Waals surface area contributed by atoms with Crippen molar-refractivity contribution < 1.29 is 14.3 Å². The summed E-state index contributed by atoms with van der Waals surface area (Å²) < 4.78 is 8.50. The van der Waals surface area contributed by atoms with Gasteiger partial charge in [-0.15, -0.1) is 0 Å². The Labute approximate surface area is 142 Å². The molecular formula is C14H24Cl3NO3. The van der Waals surface area contributed by atoms with Gasteiger partial charge in [0.2, 0.25) is 0 Å². The van der Waals surface area contributed by atoms with Crippen LogP contribution in [0.3, 0.4) is 0 Å². The summed E-state index contributed by atoms with van der Waals surface area (Å²) in [5.41, 5.74) is -0.620. The van der Waals surface area contributed by atoms with Gasteiger partial charge in [-0.25, -0.2) is 0 Å². The van der Waals surface area contributed by atoms with E-state index in [1.165, 1.54) is 0 Å². The Morgan fingerprint density at radius 3 is 2.29 bits per heavy atom. The highest BCUT2D eigenvalue weighted by atomic mass is 35.6. The number of ether oxygens (including phenoxy) is 2. The Morgan fingerprint density at radius 2 is 1.90 bits per heavy atom. The molecule has 2 atom stereocenters. The second-order valence-corrected chi connectivity index (χ2v) is 7.65. The van der Waals surface area contributed by atoms with E-state index in [0.717, 1.165) is 0 Å². The minimum atomic E-state index is -1.98. The quantitative estimate of drug-likeness (QED) is 0.406. The molecule has 1 N–H and O–H groups in total. The minimum Gasteiger partial charge on any atom is -0.359 e. The molecule has 4 nitrogen and oxygen atoms in total. The number of carbonyl (C=O) groups is 1. The molecule has 0 unspecified atom stereocenters. The summed E-state index contributed by atoms with van der Waals surface area (Å²) in [6.45, 7) is 8.06. The molecule has 0 aromatic heterocycles. The van der Waals surface area contributed by atoms with Crippen LogP contribution >= 0.6 is 34.8 Å².